The van der Waals surface area contributed by atoms with Crippen molar-refractivity contribution in [3.63, 3.8) is 0 Å². The van der Waals surface area contributed by atoms with Gasteiger partial charge in [-0.3, -0.25) is 19.1 Å². The summed E-state index contributed by atoms with van der Waals surface area (Å²) in [5.74, 6) is -2.76. The van der Waals surface area contributed by atoms with Crippen LogP contribution in [0.5, 0.6) is 0 Å². The lowest BCUT2D eigenvalue weighted by Gasteiger charge is -2.34. The number of ether oxygens (including phenoxy) is 1. The average molecular weight is 460 g/mol. The van der Waals surface area contributed by atoms with Crippen molar-refractivity contribution in [3.05, 3.63) is 71.3 Å². The zero-order valence-electron chi connectivity index (χ0n) is 17.8. The molecule has 2 aromatic carbocycles. The lowest BCUT2D eigenvalue weighted by molar-refractivity contribution is 0.0546. The third-order valence-electron chi connectivity index (χ3n) is 5.20. The van der Waals surface area contributed by atoms with E-state index in [1.54, 1.807) is 43.3 Å². The first-order chi connectivity index (χ1) is 15.3. The van der Waals surface area contributed by atoms with Gasteiger partial charge in [-0.2, -0.15) is 0 Å². The fraction of sp³-hybridized carbons (Fsp3) is 0.318. The number of hydrogen-bond acceptors (Lipinski definition) is 6. The van der Waals surface area contributed by atoms with Gasteiger partial charge in [-0.15, -0.1) is 0 Å². The summed E-state index contributed by atoms with van der Waals surface area (Å²) in [5, 5.41) is 2.36. The van der Waals surface area contributed by atoms with Crippen LogP contribution in [0.4, 0.5) is 4.79 Å². The average Bonchev–Trinajstić information content (AvgIpc) is 3.05. The Morgan fingerprint density at radius 3 is 2.16 bits per heavy atom. The third-order valence-corrected chi connectivity index (χ3v) is 6.90. The van der Waals surface area contributed by atoms with Gasteiger partial charge in [0.05, 0.1) is 17.2 Å². The number of imide groups is 1. The van der Waals surface area contributed by atoms with Gasteiger partial charge in [0, 0.05) is 7.11 Å². The van der Waals surface area contributed by atoms with Gasteiger partial charge < -0.3 is 19.5 Å². The van der Waals surface area contributed by atoms with Crippen molar-refractivity contribution in [2.45, 2.75) is 38.2 Å². The van der Waals surface area contributed by atoms with E-state index in [0.717, 1.165) is 17.6 Å². The van der Waals surface area contributed by atoms with Crippen molar-refractivity contribution in [1.29, 1.82) is 0 Å². The summed E-state index contributed by atoms with van der Waals surface area (Å²) >= 11 is 0. The molecule has 0 fully saturated rings. The number of nitrogens with one attached hydrogen (secondary N) is 1. The van der Waals surface area contributed by atoms with Crippen molar-refractivity contribution in [1.82, 2.24) is 10.2 Å². The maximum Gasteiger partial charge on any atom is 0.408 e. The highest BCUT2D eigenvalue weighted by Crippen LogP contribution is 2.49. The number of rotatable bonds is 9. The van der Waals surface area contributed by atoms with Crippen LogP contribution in [-0.2, 0) is 20.4 Å². The van der Waals surface area contributed by atoms with Gasteiger partial charge >= 0.3 is 13.7 Å². The SMILES string of the molecule is CCCC(C(NC(=O)OCc1ccccc1)P(=O)(O)OC)N1C(=O)c2ccccc2C1=O. The van der Waals surface area contributed by atoms with Gasteiger partial charge in [-0.25, -0.2) is 4.79 Å². The number of carbonyl (C=O) groups is 3. The molecule has 0 spiro atoms. The number of alkyl carbamates (subject to hydrolysis) is 1. The van der Waals surface area contributed by atoms with E-state index in [9.17, 15) is 23.8 Å². The molecule has 1 aliphatic rings. The van der Waals surface area contributed by atoms with Gasteiger partial charge in [0.25, 0.3) is 11.8 Å². The first-order valence-electron chi connectivity index (χ1n) is 10.1. The Bertz CT molecular complexity index is 1010. The molecule has 2 N–H and O–H groups in total. The van der Waals surface area contributed by atoms with E-state index in [-0.39, 0.29) is 24.2 Å². The van der Waals surface area contributed by atoms with Gasteiger partial charge in [0.2, 0.25) is 0 Å². The fourth-order valence-corrected chi connectivity index (χ4v) is 4.84. The maximum absolute atomic E-state index is 13.0. The summed E-state index contributed by atoms with van der Waals surface area (Å²) in [6.07, 6.45) is -0.329. The Hall–Kier alpha value is -3.00. The molecule has 0 radical (unpaired) electrons. The molecular weight excluding hydrogens is 435 g/mol. The second-order valence-electron chi connectivity index (χ2n) is 7.28. The second-order valence-corrected chi connectivity index (χ2v) is 9.33. The van der Waals surface area contributed by atoms with Crippen LogP contribution >= 0.6 is 7.60 Å². The van der Waals surface area contributed by atoms with E-state index in [0.29, 0.717) is 6.42 Å². The molecule has 2 aromatic rings. The maximum atomic E-state index is 13.0. The van der Waals surface area contributed by atoms with Gasteiger partial charge in [0.1, 0.15) is 6.61 Å². The van der Waals surface area contributed by atoms with Gasteiger partial charge in [-0.05, 0) is 24.1 Å². The molecule has 3 atom stereocenters. The Labute approximate surface area is 185 Å². The van der Waals surface area contributed by atoms with Crippen molar-refractivity contribution in [2.24, 2.45) is 0 Å². The molecule has 1 aliphatic heterocycles. The molecular formula is C22H25N2O7P. The first-order valence-corrected chi connectivity index (χ1v) is 11.8. The highest BCUT2D eigenvalue weighted by molar-refractivity contribution is 7.53. The van der Waals surface area contributed by atoms with Crippen LogP contribution in [0.15, 0.2) is 54.6 Å². The first kappa shape index (κ1) is 23.7. The van der Waals surface area contributed by atoms with Crippen LogP contribution in [0.3, 0.4) is 0 Å². The van der Waals surface area contributed by atoms with Crippen LogP contribution in [0.2, 0.25) is 0 Å². The van der Waals surface area contributed by atoms with Crippen LogP contribution < -0.4 is 5.32 Å². The molecule has 3 unspecified atom stereocenters. The van der Waals surface area contributed by atoms with Crippen molar-refractivity contribution < 1.29 is 33.1 Å². The topological polar surface area (TPSA) is 122 Å². The predicted molar refractivity (Wildman–Crippen MR) is 116 cm³/mol. The van der Waals surface area contributed by atoms with Crippen molar-refractivity contribution in [3.8, 4) is 0 Å². The molecule has 3 rings (SSSR count). The van der Waals surface area contributed by atoms with Gasteiger partial charge in [0.15, 0.2) is 5.78 Å². The smallest absolute Gasteiger partial charge is 0.408 e. The zero-order valence-corrected chi connectivity index (χ0v) is 18.7. The molecule has 170 valence electrons. The third kappa shape index (κ3) is 4.91. The van der Waals surface area contributed by atoms with Gasteiger partial charge in [-0.1, -0.05) is 55.8 Å². The lowest BCUT2D eigenvalue weighted by Crippen LogP contribution is -2.53. The van der Waals surface area contributed by atoms with E-state index < -0.39 is 37.3 Å². The minimum atomic E-state index is -4.48. The van der Waals surface area contributed by atoms with Crippen LogP contribution in [0, 0.1) is 0 Å². The van der Waals surface area contributed by atoms with E-state index in [2.05, 4.69) is 5.32 Å². The summed E-state index contributed by atoms with van der Waals surface area (Å²) in [4.78, 5) is 49.9. The molecule has 0 saturated carbocycles. The van der Waals surface area contributed by atoms with E-state index in [4.69, 9.17) is 9.26 Å². The summed E-state index contributed by atoms with van der Waals surface area (Å²) < 4.78 is 22.8. The Balaban J connectivity index is 1.87. The Kier molecular flexibility index (Phi) is 7.45. The standard InChI is InChI=1S/C22H25N2O7P/c1-3-9-18(24-20(25)16-12-7-8-13-17(16)21(24)26)19(32(28,29)30-2)23-22(27)31-14-15-10-5-4-6-11-15/h4-8,10-13,18-19H,3,9,14H2,1-2H3,(H,23,27)(H,28,29). The number of carbonyl (C=O) groups excluding carboxylic acids is 3. The second kappa shape index (κ2) is 10.1. The molecule has 3 amide bonds. The van der Waals surface area contributed by atoms with Crippen LogP contribution in [0.25, 0.3) is 0 Å². The van der Waals surface area contributed by atoms with E-state index in [1.807, 2.05) is 6.07 Å². The number of nitrogens with zero attached hydrogens (tertiary/aromatic N) is 1. The summed E-state index contributed by atoms with van der Waals surface area (Å²) in [5.41, 5.74) is 1.13. The number of hydrogen-bond donors (Lipinski definition) is 2. The fourth-order valence-electron chi connectivity index (χ4n) is 3.63. The summed E-state index contributed by atoms with van der Waals surface area (Å²) in [6, 6.07) is 14.1. The Morgan fingerprint density at radius 2 is 1.62 bits per heavy atom. The van der Waals surface area contributed by atoms with E-state index >= 15 is 0 Å². The quantitative estimate of drug-likeness (QED) is 0.434. The molecule has 0 aromatic heterocycles. The lowest BCUT2D eigenvalue weighted by atomic mass is 10.1. The monoisotopic (exact) mass is 460 g/mol. The minimum Gasteiger partial charge on any atom is -0.445 e. The highest BCUT2D eigenvalue weighted by atomic mass is 31.2. The van der Waals surface area contributed by atoms with Crippen molar-refractivity contribution in [2.75, 3.05) is 7.11 Å². The molecule has 9 nitrogen and oxygen atoms in total. The molecule has 1 heterocycles. The summed E-state index contributed by atoms with van der Waals surface area (Å²) in [7, 11) is -3.45. The minimum absolute atomic E-state index is 0.0619. The number of fused-ring (bicyclic) bond motifs is 1. The molecule has 0 aliphatic carbocycles. The van der Waals surface area contributed by atoms with E-state index in [1.165, 1.54) is 12.1 Å². The molecule has 10 heteroatoms. The van der Waals surface area contributed by atoms with Crippen LogP contribution in [-0.4, -0.2) is 46.6 Å². The predicted octanol–water partition coefficient (Wildman–Crippen LogP) is 3.54. The van der Waals surface area contributed by atoms with Crippen molar-refractivity contribution >= 4 is 25.5 Å². The zero-order chi connectivity index (χ0) is 23.3. The summed E-state index contributed by atoms with van der Waals surface area (Å²) in [6.45, 7) is 1.73. The normalized spacial score (nSPS) is 16.8. The molecule has 32 heavy (non-hydrogen) atoms. The molecule has 0 saturated heterocycles. The molecule has 0 bridgehead atoms. The Morgan fingerprint density at radius 1 is 1.06 bits per heavy atom. The number of amides is 3. The largest absolute Gasteiger partial charge is 0.445 e. The highest BCUT2D eigenvalue weighted by Gasteiger charge is 2.48. The number of benzene rings is 2. The van der Waals surface area contributed by atoms with Crippen LogP contribution in [0.1, 0.15) is 46.0 Å².